The summed E-state index contributed by atoms with van der Waals surface area (Å²) in [6.45, 7) is 7.74. The Hall–Kier alpha value is -4.35. The molecule has 0 saturated carbocycles. The molecule has 41 heavy (non-hydrogen) atoms. The van der Waals surface area contributed by atoms with Crippen molar-refractivity contribution < 1.29 is 23.9 Å². The van der Waals surface area contributed by atoms with E-state index in [0.29, 0.717) is 34.3 Å². The average molecular weight is 579 g/mol. The van der Waals surface area contributed by atoms with E-state index in [2.05, 4.69) is 25.8 Å². The number of ketones is 1. The first-order valence-electron chi connectivity index (χ1n) is 13.1. The molecule has 1 aromatic carbocycles. The first-order chi connectivity index (χ1) is 19.7. The second-order valence-corrected chi connectivity index (χ2v) is 9.63. The number of nitrogens with one attached hydrogen (secondary N) is 2. The molecule has 3 aromatic rings. The number of hydrogen-bond donors (Lipinski definition) is 2. The van der Waals surface area contributed by atoms with Crippen LogP contribution in [-0.4, -0.2) is 57.2 Å². The van der Waals surface area contributed by atoms with E-state index in [1.165, 1.54) is 0 Å². The summed E-state index contributed by atoms with van der Waals surface area (Å²) in [4.78, 5) is 44.4. The first-order valence-corrected chi connectivity index (χ1v) is 13.4. The molecular weight excluding hydrogens is 548 g/mol. The van der Waals surface area contributed by atoms with Gasteiger partial charge in [0.15, 0.2) is 0 Å². The van der Waals surface area contributed by atoms with Crippen LogP contribution in [0, 0.1) is 13.8 Å². The van der Waals surface area contributed by atoms with Gasteiger partial charge in [-0.3, -0.25) is 9.59 Å². The van der Waals surface area contributed by atoms with Crippen molar-refractivity contribution in [2.45, 2.75) is 40.2 Å². The number of rotatable bonds is 11. The predicted octanol–water partition coefficient (Wildman–Crippen LogP) is 3.65. The SMILES string of the molecule is CCOC(=O)C(=O)C1=C(COCCn2c(C)nnc2C)NC(C)=C(C(=O)Nc2ccccn2)C1c1ccccc1Cl. The number of anilines is 1. The molecule has 214 valence electrons. The minimum absolute atomic E-state index is 0.00735. The number of ether oxygens (including phenoxy) is 2. The molecule has 1 aliphatic heterocycles. The van der Waals surface area contributed by atoms with Crippen LogP contribution in [0.4, 0.5) is 5.82 Å². The number of nitrogens with zero attached hydrogens (tertiary/aromatic N) is 4. The largest absolute Gasteiger partial charge is 0.460 e. The molecule has 1 aliphatic rings. The Morgan fingerprint density at radius 2 is 1.73 bits per heavy atom. The van der Waals surface area contributed by atoms with Gasteiger partial charge in [0.25, 0.3) is 11.7 Å². The third-order valence-corrected chi connectivity index (χ3v) is 6.89. The molecule has 1 atom stereocenters. The number of dihydropyridines is 1. The van der Waals surface area contributed by atoms with Gasteiger partial charge in [-0.2, -0.15) is 0 Å². The third-order valence-electron chi connectivity index (χ3n) is 6.54. The van der Waals surface area contributed by atoms with Crippen molar-refractivity contribution in [2.24, 2.45) is 0 Å². The lowest BCUT2D eigenvalue weighted by Gasteiger charge is -2.32. The number of amides is 1. The smallest absolute Gasteiger partial charge is 0.379 e. The van der Waals surface area contributed by atoms with Crippen molar-refractivity contribution in [1.82, 2.24) is 25.1 Å². The number of benzene rings is 1. The molecule has 1 unspecified atom stereocenters. The van der Waals surface area contributed by atoms with Crippen LogP contribution in [0.2, 0.25) is 5.02 Å². The summed E-state index contributed by atoms with van der Waals surface area (Å²) in [5, 5.41) is 14.4. The Morgan fingerprint density at radius 1 is 1.02 bits per heavy atom. The topological polar surface area (TPSA) is 137 Å². The van der Waals surface area contributed by atoms with Gasteiger partial charge in [0.2, 0.25) is 0 Å². The van der Waals surface area contributed by atoms with Crippen LogP contribution in [0.5, 0.6) is 0 Å². The Labute approximate surface area is 242 Å². The lowest BCUT2D eigenvalue weighted by Crippen LogP contribution is -2.37. The van der Waals surface area contributed by atoms with Gasteiger partial charge in [0.1, 0.15) is 17.5 Å². The Morgan fingerprint density at radius 3 is 2.39 bits per heavy atom. The molecule has 0 fully saturated rings. The Kier molecular flexibility index (Phi) is 9.64. The van der Waals surface area contributed by atoms with Crippen molar-refractivity contribution in [1.29, 1.82) is 0 Å². The zero-order valence-corrected chi connectivity index (χ0v) is 24.0. The Bertz CT molecular complexity index is 1500. The summed E-state index contributed by atoms with van der Waals surface area (Å²) in [5.41, 5.74) is 1.49. The molecule has 0 aliphatic carbocycles. The van der Waals surface area contributed by atoms with E-state index in [0.717, 1.165) is 11.6 Å². The predicted molar refractivity (Wildman–Crippen MR) is 152 cm³/mol. The van der Waals surface area contributed by atoms with Gasteiger partial charge in [-0.25, -0.2) is 9.78 Å². The molecule has 0 saturated heterocycles. The van der Waals surface area contributed by atoms with E-state index in [9.17, 15) is 14.4 Å². The molecule has 4 rings (SSSR count). The highest BCUT2D eigenvalue weighted by molar-refractivity contribution is 6.41. The number of halogens is 1. The van der Waals surface area contributed by atoms with Gasteiger partial charge >= 0.3 is 5.97 Å². The van der Waals surface area contributed by atoms with E-state index in [1.54, 1.807) is 62.5 Å². The number of hydrogen-bond acceptors (Lipinski definition) is 9. The summed E-state index contributed by atoms with van der Waals surface area (Å²) in [7, 11) is 0. The molecule has 12 heteroatoms. The number of carbonyl (C=O) groups excluding carboxylic acids is 3. The summed E-state index contributed by atoms with van der Waals surface area (Å²) < 4.78 is 12.9. The van der Waals surface area contributed by atoms with E-state index in [4.69, 9.17) is 21.1 Å². The van der Waals surface area contributed by atoms with Gasteiger partial charge in [-0.15, -0.1) is 10.2 Å². The second kappa shape index (κ2) is 13.3. The minimum Gasteiger partial charge on any atom is -0.460 e. The molecular formula is C29H31ClN6O5. The quantitative estimate of drug-likeness (QED) is 0.198. The summed E-state index contributed by atoms with van der Waals surface area (Å²) >= 11 is 6.62. The third kappa shape index (κ3) is 6.69. The highest BCUT2D eigenvalue weighted by atomic mass is 35.5. The number of aromatic nitrogens is 4. The molecule has 2 aromatic heterocycles. The normalized spacial score (nSPS) is 15.0. The summed E-state index contributed by atoms with van der Waals surface area (Å²) in [5.74, 6) is -1.62. The number of aryl methyl sites for hydroxylation is 2. The maximum Gasteiger partial charge on any atom is 0.379 e. The van der Waals surface area contributed by atoms with Crippen LogP contribution in [-0.2, 0) is 30.4 Å². The van der Waals surface area contributed by atoms with Crippen molar-refractivity contribution >= 4 is 35.1 Å². The molecule has 0 radical (unpaired) electrons. The zero-order valence-electron chi connectivity index (χ0n) is 23.2. The van der Waals surface area contributed by atoms with E-state index < -0.39 is 23.6 Å². The average Bonchev–Trinajstić information content (AvgIpc) is 3.27. The lowest BCUT2D eigenvalue weighted by molar-refractivity contribution is -0.152. The van der Waals surface area contributed by atoms with Crippen molar-refractivity contribution in [3.63, 3.8) is 0 Å². The van der Waals surface area contributed by atoms with Crippen LogP contribution < -0.4 is 10.6 Å². The minimum atomic E-state index is -1.04. The second-order valence-electron chi connectivity index (χ2n) is 9.23. The van der Waals surface area contributed by atoms with Crippen LogP contribution in [0.3, 0.4) is 0 Å². The van der Waals surface area contributed by atoms with Crippen LogP contribution >= 0.6 is 11.6 Å². The van der Waals surface area contributed by atoms with E-state index in [-0.39, 0.29) is 31.0 Å². The molecule has 11 nitrogen and oxygen atoms in total. The zero-order chi connectivity index (χ0) is 29.5. The van der Waals surface area contributed by atoms with Crippen LogP contribution in [0.25, 0.3) is 0 Å². The van der Waals surface area contributed by atoms with E-state index in [1.807, 2.05) is 18.4 Å². The number of carbonyl (C=O) groups is 3. The summed E-state index contributed by atoms with van der Waals surface area (Å²) in [6.07, 6.45) is 1.55. The maximum atomic E-state index is 13.7. The highest BCUT2D eigenvalue weighted by Crippen LogP contribution is 2.42. The molecule has 3 heterocycles. The lowest BCUT2D eigenvalue weighted by atomic mass is 9.78. The molecule has 1 amide bonds. The fraction of sp³-hybridized carbons (Fsp3) is 0.310. The number of Topliss-reactive ketones (excluding diaryl/α,β-unsaturated/α-hetero) is 1. The van der Waals surface area contributed by atoms with Gasteiger partial charge in [0.05, 0.1) is 19.8 Å². The van der Waals surface area contributed by atoms with Gasteiger partial charge in [-0.05, 0) is 51.5 Å². The highest BCUT2D eigenvalue weighted by Gasteiger charge is 2.40. The molecule has 0 bridgehead atoms. The van der Waals surface area contributed by atoms with E-state index >= 15 is 0 Å². The van der Waals surface area contributed by atoms with Gasteiger partial charge < -0.3 is 24.7 Å². The number of pyridine rings is 1. The van der Waals surface area contributed by atoms with Crippen LogP contribution in [0.1, 0.15) is 37.0 Å². The monoisotopic (exact) mass is 578 g/mol. The van der Waals surface area contributed by atoms with Gasteiger partial charge in [0, 0.05) is 46.2 Å². The van der Waals surface area contributed by atoms with Crippen molar-refractivity contribution in [3.8, 4) is 0 Å². The number of esters is 1. The molecule has 2 N–H and O–H groups in total. The standard InChI is InChI=1S/C29H31ClN6O5/c1-5-41-29(39)27(37)26-22(16-40-15-14-36-18(3)34-35-19(36)4)32-17(2)24(25(26)20-10-6-7-11-21(20)30)28(38)33-23-12-8-9-13-31-23/h6-13,25,32H,5,14-16H2,1-4H3,(H,31,33,38). The van der Waals surface area contributed by atoms with Crippen LogP contribution in [0.15, 0.2) is 71.2 Å². The maximum absolute atomic E-state index is 13.7. The summed E-state index contributed by atoms with van der Waals surface area (Å²) in [6, 6.07) is 12.0. The van der Waals surface area contributed by atoms with Gasteiger partial charge in [-0.1, -0.05) is 35.9 Å². The Balaban J connectivity index is 1.75. The fourth-order valence-electron chi connectivity index (χ4n) is 4.67. The van der Waals surface area contributed by atoms with Crippen molar-refractivity contribution in [3.05, 3.63) is 93.4 Å². The number of allylic oxidation sites excluding steroid dienone is 1. The first kappa shape index (κ1) is 29.6. The van der Waals surface area contributed by atoms with Crippen molar-refractivity contribution in [2.75, 3.05) is 25.1 Å². The molecule has 0 spiro atoms. The fourth-order valence-corrected chi connectivity index (χ4v) is 4.91.